The van der Waals surface area contributed by atoms with E-state index in [4.69, 9.17) is 10.5 Å². The Hall–Kier alpha value is -2.93. The fraction of sp³-hybridized carbons (Fsp3) is 0.0625. The van der Waals surface area contributed by atoms with Crippen molar-refractivity contribution in [3.8, 4) is 11.6 Å². The van der Waals surface area contributed by atoms with E-state index in [1.165, 1.54) is 6.20 Å². The summed E-state index contributed by atoms with van der Waals surface area (Å²) in [6, 6.07) is 12.8. The zero-order valence-corrected chi connectivity index (χ0v) is 13.1. The Balaban J connectivity index is 1.69. The summed E-state index contributed by atoms with van der Waals surface area (Å²) in [4.78, 5) is 16.4. The van der Waals surface area contributed by atoms with Crippen LogP contribution >= 0.6 is 11.5 Å². The third-order valence-corrected chi connectivity index (χ3v) is 3.84. The van der Waals surface area contributed by atoms with Crippen LogP contribution in [0.4, 0.5) is 10.7 Å². The molecule has 0 unspecified atom stereocenters. The Bertz CT molecular complexity index is 796. The number of hydrogen-bond donors (Lipinski definition) is 2. The number of rotatable bonds is 4. The lowest BCUT2D eigenvalue weighted by Crippen LogP contribution is -2.14. The lowest BCUT2D eigenvalue weighted by Gasteiger charge is -2.07. The third-order valence-electron chi connectivity index (χ3n) is 3.08. The minimum absolute atomic E-state index is 0.299. The van der Waals surface area contributed by atoms with Crippen LogP contribution in [0.15, 0.2) is 48.7 Å². The van der Waals surface area contributed by atoms with Gasteiger partial charge in [-0.15, -0.1) is 0 Å². The van der Waals surface area contributed by atoms with Gasteiger partial charge in [0.25, 0.3) is 5.91 Å². The smallest absolute Gasteiger partial charge is 0.260 e. The van der Waals surface area contributed by atoms with Crippen LogP contribution in [0.3, 0.4) is 0 Å². The molecule has 0 bridgehead atoms. The highest BCUT2D eigenvalue weighted by molar-refractivity contribution is 7.10. The van der Waals surface area contributed by atoms with Gasteiger partial charge in [-0.3, -0.25) is 4.79 Å². The zero-order chi connectivity index (χ0) is 16.2. The van der Waals surface area contributed by atoms with Crippen LogP contribution in [0.2, 0.25) is 0 Å². The number of carbonyl (C=O) groups excluding carboxylic acids is 1. The van der Waals surface area contributed by atoms with Crippen LogP contribution in [0.5, 0.6) is 11.6 Å². The number of carbonyl (C=O) groups is 1. The van der Waals surface area contributed by atoms with E-state index >= 15 is 0 Å². The van der Waals surface area contributed by atoms with Crippen LogP contribution in [0, 0.1) is 6.92 Å². The average molecular weight is 326 g/mol. The summed E-state index contributed by atoms with van der Waals surface area (Å²) in [7, 11) is 0. The zero-order valence-electron chi connectivity index (χ0n) is 12.3. The number of nitrogens with two attached hydrogens (primary N) is 1. The molecule has 23 heavy (non-hydrogen) atoms. The maximum absolute atomic E-state index is 12.2. The van der Waals surface area contributed by atoms with Gasteiger partial charge in [0.1, 0.15) is 10.8 Å². The van der Waals surface area contributed by atoms with E-state index in [1.807, 2.05) is 30.3 Å². The molecule has 1 aromatic carbocycles. The molecular weight excluding hydrogens is 312 g/mol. The first-order valence-electron chi connectivity index (χ1n) is 6.85. The standard InChI is InChI=1S/C16H14N4O2S/c1-10-14(15(17)23-20-10)16(21)19-11-7-8-13(18-9-11)22-12-5-3-2-4-6-12/h2-9H,17H2,1H3,(H,19,21). The summed E-state index contributed by atoms with van der Waals surface area (Å²) in [6.45, 7) is 1.75. The number of ether oxygens (including phenoxy) is 1. The second kappa shape index (κ2) is 6.45. The maximum atomic E-state index is 12.2. The molecule has 1 amide bonds. The molecule has 0 radical (unpaired) electrons. The van der Waals surface area contributed by atoms with E-state index in [0.29, 0.717) is 33.6 Å². The number of aryl methyl sites for hydroxylation is 1. The Morgan fingerprint density at radius 2 is 2.00 bits per heavy atom. The molecule has 2 heterocycles. The van der Waals surface area contributed by atoms with Crippen LogP contribution in [-0.4, -0.2) is 15.3 Å². The molecule has 3 rings (SSSR count). The van der Waals surface area contributed by atoms with Gasteiger partial charge in [0, 0.05) is 6.07 Å². The van der Waals surface area contributed by atoms with Gasteiger partial charge >= 0.3 is 0 Å². The molecule has 116 valence electrons. The van der Waals surface area contributed by atoms with Crippen molar-refractivity contribution < 1.29 is 9.53 Å². The number of benzene rings is 1. The molecule has 6 nitrogen and oxygen atoms in total. The van der Waals surface area contributed by atoms with Crippen molar-refractivity contribution in [3.63, 3.8) is 0 Å². The van der Waals surface area contributed by atoms with E-state index < -0.39 is 0 Å². The van der Waals surface area contributed by atoms with E-state index in [9.17, 15) is 4.79 Å². The summed E-state index contributed by atoms with van der Waals surface area (Å²) >= 11 is 1.10. The topological polar surface area (TPSA) is 90.1 Å². The van der Waals surface area contributed by atoms with Gasteiger partial charge < -0.3 is 15.8 Å². The van der Waals surface area contributed by atoms with Gasteiger partial charge in [-0.05, 0) is 36.7 Å². The lowest BCUT2D eigenvalue weighted by atomic mass is 10.2. The molecule has 0 aliphatic heterocycles. The fourth-order valence-electron chi connectivity index (χ4n) is 1.98. The first-order chi connectivity index (χ1) is 11.1. The number of nitrogens with one attached hydrogen (secondary N) is 1. The molecule has 7 heteroatoms. The van der Waals surface area contributed by atoms with Gasteiger partial charge in [0.15, 0.2) is 0 Å². The monoisotopic (exact) mass is 326 g/mol. The van der Waals surface area contributed by atoms with Crippen molar-refractivity contribution in [2.75, 3.05) is 11.1 Å². The lowest BCUT2D eigenvalue weighted by molar-refractivity contribution is 0.102. The Kier molecular flexibility index (Phi) is 4.20. The fourth-order valence-corrected chi connectivity index (χ4v) is 2.64. The predicted octanol–water partition coefficient (Wildman–Crippen LogP) is 3.47. The highest BCUT2D eigenvalue weighted by atomic mass is 32.1. The summed E-state index contributed by atoms with van der Waals surface area (Å²) in [5.41, 5.74) is 7.34. The first-order valence-corrected chi connectivity index (χ1v) is 7.63. The molecule has 0 fully saturated rings. The Morgan fingerprint density at radius 1 is 1.22 bits per heavy atom. The second-order valence-corrected chi connectivity index (χ2v) is 5.57. The summed E-state index contributed by atoms with van der Waals surface area (Å²) in [5, 5.41) is 3.15. The van der Waals surface area contributed by atoms with E-state index in [2.05, 4.69) is 14.7 Å². The Morgan fingerprint density at radius 3 is 2.61 bits per heavy atom. The number of pyridine rings is 1. The van der Waals surface area contributed by atoms with Crippen molar-refractivity contribution in [3.05, 3.63) is 59.9 Å². The summed E-state index contributed by atoms with van der Waals surface area (Å²) in [5.74, 6) is 0.846. The molecule has 0 atom stereocenters. The average Bonchev–Trinajstić information content (AvgIpc) is 2.89. The SMILES string of the molecule is Cc1nsc(N)c1C(=O)Nc1ccc(Oc2ccccc2)nc1. The highest BCUT2D eigenvalue weighted by Gasteiger charge is 2.16. The van der Waals surface area contributed by atoms with Gasteiger partial charge in [0.05, 0.1) is 23.1 Å². The normalized spacial score (nSPS) is 10.3. The number of para-hydroxylation sites is 1. The molecule has 0 aliphatic carbocycles. The van der Waals surface area contributed by atoms with Crippen molar-refractivity contribution >= 4 is 28.1 Å². The Labute approximate surface area is 137 Å². The van der Waals surface area contributed by atoms with Crippen molar-refractivity contribution in [1.29, 1.82) is 0 Å². The van der Waals surface area contributed by atoms with Gasteiger partial charge in [0.2, 0.25) is 5.88 Å². The van der Waals surface area contributed by atoms with Crippen molar-refractivity contribution in [2.45, 2.75) is 6.92 Å². The summed E-state index contributed by atoms with van der Waals surface area (Å²) < 4.78 is 9.66. The highest BCUT2D eigenvalue weighted by Crippen LogP contribution is 2.23. The van der Waals surface area contributed by atoms with E-state index in [0.717, 1.165) is 11.5 Å². The third kappa shape index (κ3) is 3.46. The molecule has 0 saturated carbocycles. The number of anilines is 2. The van der Waals surface area contributed by atoms with Crippen molar-refractivity contribution in [1.82, 2.24) is 9.36 Å². The predicted molar refractivity (Wildman–Crippen MR) is 90.0 cm³/mol. The quantitative estimate of drug-likeness (QED) is 0.766. The van der Waals surface area contributed by atoms with Crippen LogP contribution < -0.4 is 15.8 Å². The number of hydrogen-bond acceptors (Lipinski definition) is 6. The molecule has 0 saturated heterocycles. The number of amides is 1. The van der Waals surface area contributed by atoms with E-state index in [1.54, 1.807) is 19.1 Å². The minimum atomic E-state index is -0.299. The van der Waals surface area contributed by atoms with Gasteiger partial charge in [-0.2, -0.15) is 4.37 Å². The molecule has 0 aliphatic rings. The molecule has 0 spiro atoms. The minimum Gasteiger partial charge on any atom is -0.439 e. The molecular formula is C16H14N4O2S. The van der Waals surface area contributed by atoms with Crippen LogP contribution in [0.1, 0.15) is 16.1 Å². The van der Waals surface area contributed by atoms with Gasteiger partial charge in [-0.25, -0.2) is 4.98 Å². The number of nitrogens with zero attached hydrogens (tertiary/aromatic N) is 2. The molecule has 3 N–H and O–H groups in total. The molecule has 3 aromatic rings. The molecule has 2 aromatic heterocycles. The maximum Gasteiger partial charge on any atom is 0.260 e. The van der Waals surface area contributed by atoms with Crippen LogP contribution in [-0.2, 0) is 0 Å². The summed E-state index contributed by atoms with van der Waals surface area (Å²) in [6.07, 6.45) is 1.53. The van der Waals surface area contributed by atoms with E-state index in [-0.39, 0.29) is 5.91 Å². The first kappa shape index (κ1) is 15.0. The van der Waals surface area contributed by atoms with Crippen LogP contribution in [0.25, 0.3) is 0 Å². The number of nitrogen functional groups attached to an aromatic ring is 1. The largest absolute Gasteiger partial charge is 0.439 e. The second-order valence-electron chi connectivity index (χ2n) is 4.76. The van der Waals surface area contributed by atoms with Gasteiger partial charge in [-0.1, -0.05) is 18.2 Å². The number of aromatic nitrogens is 2. The van der Waals surface area contributed by atoms with Crippen molar-refractivity contribution in [2.24, 2.45) is 0 Å².